The van der Waals surface area contributed by atoms with E-state index in [1.54, 1.807) is 24.4 Å². The van der Waals surface area contributed by atoms with Crippen LogP contribution in [0.1, 0.15) is 28.7 Å². The molecule has 0 spiro atoms. The van der Waals surface area contributed by atoms with Gasteiger partial charge < -0.3 is 11.1 Å². The maximum atomic E-state index is 12.6. The van der Waals surface area contributed by atoms with Gasteiger partial charge in [0.05, 0.1) is 23.6 Å². The summed E-state index contributed by atoms with van der Waals surface area (Å²) < 4.78 is 1.91. The van der Waals surface area contributed by atoms with Crippen molar-refractivity contribution in [3.63, 3.8) is 0 Å². The van der Waals surface area contributed by atoms with Gasteiger partial charge in [-0.1, -0.05) is 12.1 Å². The minimum atomic E-state index is -0.129. The lowest BCUT2D eigenvalue weighted by atomic mass is 10.1. The van der Waals surface area contributed by atoms with Crippen LogP contribution in [0.3, 0.4) is 0 Å². The highest BCUT2D eigenvalue weighted by molar-refractivity contribution is 5.95. The van der Waals surface area contributed by atoms with E-state index in [2.05, 4.69) is 15.4 Å². The van der Waals surface area contributed by atoms with Crippen molar-refractivity contribution >= 4 is 11.6 Å². The molecule has 26 heavy (non-hydrogen) atoms. The fraction of sp³-hybridized carbons (Fsp3) is 0.250. The van der Waals surface area contributed by atoms with Gasteiger partial charge in [0, 0.05) is 29.1 Å². The van der Waals surface area contributed by atoms with Gasteiger partial charge in [-0.25, -0.2) is 0 Å². The van der Waals surface area contributed by atoms with Crippen LogP contribution < -0.4 is 11.1 Å². The third-order valence-corrected chi connectivity index (χ3v) is 4.16. The minimum Gasteiger partial charge on any atom is -0.397 e. The van der Waals surface area contributed by atoms with Crippen molar-refractivity contribution in [2.75, 3.05) is 5.73 Å². The van der Waals surface area contributed by atoms with E-state index in [0.717, 1.165) is 17.0 Å². The predicted molar refractivity (Wildman–Crippen MR) is 103 cm³/mol. The van der Waals surface area contributed by atoms with Crippen LogP contribution >= 0.6 is 0 Å². The van der Waals surface area contributed by atoms with Crippen molar-refractivity contribution in [2.24, 2.45) is 0 Å². The van der Waals surface area contributed by atoms with E-state index in [9.17, 15) is 4.79 Å². The molecule has 0 unspecified atom stereocenters. The highest BCUT2D eigenvalue weighted by Crippen LogP contribution is 2.23. The fourth-order valence-corrected chi connectivity index (χ4v) is 2.94. The number of carbonyl (C=O) groups is 1. The summed E-state index contributed by atoms with van der Waals surface area (Å²) in [6, 6.07) is 12.9. The molecular formula is C20H23N5O. The number of rotatable bonds is 5. The third-order valence-electron chi connectivity index (χ3n) is 4.16. The zero-order valence-corrected chi connectivity index (χ0v) is 15.2. The Morgan fingerprint density at radius 2 is 2.04 bits per heavy atom. The van der Waals surface area contributed by atoms with Crippen LogP contribution in [0.15, 0.2) is 48.7 Å². The largest absolute Gasteiger partial charge is 0.397 e. The van der Waals surface area contributed by atoms with Crippen LogP contribution in [-0.2, 0) is 6.54 Å². The number of hydrogen-bond donors (Lipinski definition) is 2. The van der Waals surface area contributed by atoms with E-state index in [0.29, 0.717) is 23.5 Å². The molecule has 134 valence electrons. The first-order valence-electron chi connectivity index (χ1n) is 8.57. The highest BCUT2D eigenvalue weighted by atomic mass is 16.1. The monoisotopic (exact) mass is 349 g/mol. The number of aryl methyl sites for hydroxylation is 2. The first-order valence-corrected chi connectivity index (χ1v) is 8.57. The number of pyridine rings is 1. The molecule has 3 rings (SSSR count). The normalized spacial score (nSPS) is 12.0. The Kier molecular flexibility index (Phi) is 5.02. The van der Waals surface area contributed by atoms with Crippen molar-refractivity contribution in [3.05, 3.63) is 65.6 Å². The van der Waals surface area contributed by atoms with Crippen LogP contribution in [0.2, 0.25) is 0 Å². The van der Waals surface area contributed by atoms with Gasteiger partial charge in [-0.2, -0.15) is 5.10 Å². The molecule has 0 saturated carbocycles. The van der Waals surface area contributed by atoms with Gasteiger partial charge in [-0.3, -0.25) is 14.5 Å². The lowest BCUT2D eigenvalue weighted by Crippen LogP contribution is -2.36. The number of anilines is 1. The number of aromatic nitrogens is 3. The van der Waals surface area contributed by atoms with Crippen LogP contribution in [-0.4, -0.2) is 26.7 Å². The van der Waals surface area contributed by atoms with Crippen molar-refractivity contribution < 1.29 is 4.79 Å². The first kappa shape index (κ1) is 17.7. The zero-order chi connectivity index (χ0) is 18.7. The maximum Gasteiger partial charge on any atom is 0.251 e. The molecule has 3 N–H and O–H groups in total. The van der Waals surface area contributed by atoms with Gasteiger partial charge >= 0.3 is 0 Å². The molecule has 0 radical (unpaired) electrons. The standard InChI is InChI=1S/C20H23N5O/c1-13-10-15(3)25(24-13)12-14(2)23-20(26)17-7-4-6-16(11-17)19-18(21)8-5-9-22-19/h4-11,14H,12,21H2,1-3H3,(H,23,26)/t14-/m1/s1. The van der Waals surface area contributed by atoms with Gasteiger partial charge in [0.15, 0.2) is 0 Å². The second-order valence-electron chi connectivity index (χ2n) is 6.51. The number of hydrogen-bond acceptors (Lipinski definition) is 4. The van der Waals surface area contributed by atoms with Crippen molar-refractivity contribution in [1.82, 2.24) is 20.1 Å². The lowest BCUT2D eigenvalue weighted by Gasteiger charge is -2.15. The average Bonchev–Trinajstić information content (AvgIpc) is 2.92. The number of nitrogen functional groups attached to an aromatic ring is 1. The summed E-state index contributed by atoms with van der Waals surface area (Å²) in [5, 5.41) is 7.46. The Bertz CT molecular complexity index is 931. The van der Waals surface area contributed by atoms with E-state index in [1.165, 1.54) is 0 Å². The fourth-order valence-electron chi connectivity index (χ4n) is 2.94. The van der Waals surface area contributed by atoms with E-state index < -0.39 is 0 Å². The first-order chi connectivity index (χ1) is 12.4. The number of amides is 1. The topological polar surface area (TPSA) is 85.8 Å². The Hall–Kier alpha value is -3.15. The molecule has 6 nitrogen and oxygen atoms in total. The molecule has 6 heteroatoms. The molecule has 0 bridgehead atoms. The number of nitrogens with zero attached hydrogens (tertiary/aromatic N) is 3. The summed E-state index contributed by atoms with van der Waals surface area (Å²) in [5.41, 5.74) is 10.7. The van der Waals surface area contributed by atoms with E-state index in [1.807, 2.05) is 49.7 Å². The molecule has 0 aliphatic heterocycles. The lowest BCUT2D eigenvalue weighted by molar-refractivity contribution is 0.0936. The Balaban J connectivity index is 1.73. The summed E-state index contributed by atoms with van der Waals surface area (Å²) in [5.74, 6) is -0.129. The average molecular weight is 349 g/mol. The van der Waals surface area contributed by atoms with E-state index >= 15 is 0 Å². The molecule has 1 atom stereocenters. The molecule has 3 aromatic rings. The number of nitrogens with one attached hydrogen (secondary N) is 1. The maximum absolute atomic E-state index is 12.6. The van der Waals surface area contributed by atoms with Gasteiger partial charge in [0.1, 0.15) is 0 Å². The predicted octanol–water partition coefficient (Wildman–Crippen LogP) is 2.96. The van der Waals surface area contributed by atoms with E-state index in [-0.39, 0.29) is 11.9 Å². The highest BCUT2D eigenvalue weighted by Gasteiger charge is 2.13. The SMILES string of the molecule is Cc1cc(C)n(C[C@@H](C)NC(=O)c2cccc(-c3ncccc3N)c2)n1. The second kappa shape index (κ2) is 7.39. The molecule has 0 saturated heterocycles. The van der Waals surface area contributed by atoms with Crippen molar-refractivity contribution in [1.29, 1.82) is 0 Å². The van der Waals surface area contributed by atoms with Crippen LogP contribution in [0.5, 0.6) is 0 Å². The molecule has 1 amide bonds. The molecule has 2 heterocycles. The molecular weight excluding hydrogens is 326 g/mol. The summed E-state index contributed by atoms with van der Waals surface area (Å²) in [7, 11) is 0. The smallest absolute Gasteiger partial charge is 0.251 e. The summed E-state index contributed by atoms with van der Waals surface area (Å²) in [6.07, 6.45) is 1.69. The molecule has 0 aliphatic carbocycles. The van der Waals surface area contributed by atoms with Crippen molar-refractivity contribution in [2.45, 2.75) is 33.4 Å². The summed E-state index contributed by atoms with van der Waals surface area (Å²) in [6.45, 7) is 6.56. The quantitative estimate of drug-likeness (QED) is 0.741. The van der Waals surface area contributed by atoms with Crippen LogP contribution in [0.4, 0.5) is 5.69 Å². The molecule has 0 aliphatic rings. The summed E-state index contributed by atoms with van der Waals surface area (Å²) in [4.78, 5) is 16.9. The number of benzene rings is 1. The van der Waals surface area contributed by atoms with Gasteiger partial charge in [0.25, 0.3) is 5.91 Å². The van der Waals surface area contributed by atoms with Crippen LogP contribution in [0.25, 0.3) is 11.3 Å². The van der Waals surface area contributed by atoms with Gasteiger partial charge in [0.2, 0.25) is 0 Å². The van der Waals surface area contributed by atoms with Crippen LogP contribution in [0, 0.1) is 13.8 Å². The molecule has 1 aromatic carbocycles. The molecule has 2 aromatic heterocycles. The third kappa shape index (κ3) is 3.91. The Labute approximate surface area is 153 Å². The molecule has 0 fully saturated rings. The Morgan fingerprint density at radius 3 is 2.73 bits per heavy atom. The zero-order valence-electron chi connectivity index (χ0n) is 15.2. The number of carbonyl (C=O) groups excluding carboxylic acids is 1. The Morgan fingerprint density at radius 1 is 1.23 bits per heavy atom. The van der Waals surface area contributed by atoms with Gasteiger partial charge in [-0.05, 0) is 51.1 Å². The minimum absolute atomic E-state index is 0.0518. The van der Waals surface area contributed by atoms with E-state index in [4.69, 9.17) is 5.73 Å². The van der Waals surface area contributed by atoms with Gasteiger partial charge in [-0.15, -0.1) is 0 Å². The van der Waals surface area contributed by atoms with Crippen molar-refractivity contribution in [3.8, 4) is 11.3 Å². The number of nitrogens with two attached hydrogens (primary N) is 1. The second-order valence-corrected chi connectivity index (χ2v) is 6.51. The summed E-state index contributed by atoms with van der Waals surface area (Å²) >= 11 is 0.